The van der Waals surface area contributed by atoms with Crippen LogP contribution in [0.2, 0.25) is 0 Å². The van der Waals surface area contributed by atoms with Crippen LogP contribution in [0.1, 0.15) is 5.56 Å². The van der Waals surface area contributed by atoms with E-state index in [1.807, 2.05) is 0 Å². The molecule has 1 amide bonds. The summed E-state index contributed by atoms with van der Waals surface area (Å²) in [4.78, 5) is 42.6. The van der Waals surface area contributed by atoms with Crippen LogP contribution < -0.4 is 16.1 Å². The molecule has 3 heterocycles. The van der Waals surface area contributed by atoms with Gasteiger partial charge in [0.05, 0.1) is 5.69 Å². The molecule has 0 atom stereocenters. The van der Waals surface area contributed by atoms with E-state index in [0.717, 1.165) is 4.57 Å². The first-order valence-corrected chi connectivity index (χ1v) is 7.56. The topological polar surface area (TPSA) is 82.1 Å². The zero-order chi connectivity index (χ0) is 18.0. The van der Waals surface area contributed by atoms with Crippen molar-refractivity contribution in [2.45, 2.75) is 13.5 Å². The van der Waals surface area contributed by atoms with Crippen molar-refractivity contribution in [3.8, 4) is 0 Å². The minimum atomic E-state index is -0.526. The predicted octanol–water partition coefficient (Wildman–Crippen LogP) is 0.560. The molecule has 4 rings (SSSR count). The van der Waals surface area contributed by atoms with E-state index in [9.17, 15) is 18.8 Å². The summed E-state index contributed by atoms with van der Waals surface area (Å²) in [6.07, 6.45) is 0. The lowest BCUT2D eigenvalue weighted by atomic mass is 10.2. The van der Waals surface area contributed by atoms with Crippen LogP contribution in [0.5, 0.6) is 0 Å². The molecule has 8 nitrogen and oxygen atoms in total. The third-order valence-electron chi connectivity index (χ3n) is 4.48. The average molecular weight is 343 g/mol. The van der Waals surface area contributed by atoms with Crippen molar-refractivity contribution in [2.75, 3.05) is 4.90 Å². The molecule has 9 heteroatoms. The van der Waals surface area contributed by atoms with E-state index in [1.165, 1.54) is 34.2 Å². The fourth-order valence-electron chi connectivity index (χ4n) is 3.05. The van der Waals surface area contributed by atoms with Gasteiger partial charge >= 0.3 is 5.69 Å². The molecule has 0 saturated carbocycles. The summed E-state index contributed by atoms with van der Waals surface area (Å²) in [7, 11) is 2.87. The number of halogens is 1. The molecule has 0 spiro atoms. The number of imidazole rings is 1. The molecular weight excluding hydrogens is 329 g/mol. The Morgan fingerprint density at radius 1 is 1.12 bits per heavy atom. The van der Waals surface area contributed by atoms with Crippen LogP contribution in [-0.2, 0) is 25.4 Å². The summed E-state index contributed by atoms with van der Waals surface area (Å²) in [6.45, 7) is 1.52. The number of aryl methyl sites for hydroxylation is 2. The number of carbonyl (C=O) groups is 1. The molecule has 128 valence electrons. The smallest absolute Gasteiger partial charge is 0.294 e. The van der Waals surface area contributed by atoms with Gasteiger partial charge in [0.25, 0.3) is 11.5 Å². The van der Waals surface area contributed by atoms with Crippen LogP contribution in [0.3, 0.4) is 0 Å². The average Bonchev–Trinajstić information content (AvgIpc) is 3.08. The number of anilines is 2. The number of hydrogen-bond acceptors (Lipinski definition) is 4. The third kappa shape index (κ3) is 1.92. The molecule has 0 aliphatic carbocycles. The standard InChI is InChI=1S/C16H14FN5O3/c1-8-4-5-9(6-10(8)17)22-11(23)7-21-12-13(18-15(21)22)19(2)16(25)20(3)14(12)24/h4-6H,7H2,1-3H3. The van der Waals surface area contributed by atoms with E-state index in [4.69, 9.17) is 0 Å². The van der Waals surface area contributed by atoms with Gasteiger partial charge in [0.2, 0.25) is 5.95 Å². The van der Waals surface area contributed by atoms with Crippen molar-refractivity contribution >= 4 is 28.7 Å². The lowest BCUT2D eigenvalue weighted by Crippen LogP contribution is -2.37. The first-order valence-electron chi connectivity index (χ1n) is 7.56. The molecule has 0 saturated heterocycles. The molecule has 0 unspecified atom stereocenters. The Kier molecular flexibility index (Phi) is 2.99. The number of carbonyl (C=O) groups excluding carboxylic acids is 1. The minimum absolute atomic E-state index is 0.102. The molecular formula is C16H14FN5O3. The third-order valence-corrected chi connectivity index (χ3v) is 4.48. The molecule has 0 radical (unpaired) electrons. The van der Waals surface area contributed by atoms with Crippen molar-refractivity contribution in [1.82, 2.24) is 18.7 Å². The predicted molar refractivity (Wildman–Crippen MR) is 88.5 cm³/mol. The second kappa shape index (κ2) is 4.88. The zero-order valence-corrected chi connectivity index (χ0v) is 13.8. The summed E-state index contributed by atoms with van der Waals surface area (Å²) in [5.41, 5.74) is 0.107. The van der Waals surface area contributed by atoms with Crippen molar-refractivity contribution in [2.24, 2.45) is 14.1 Å². The number of benzene rings is 1. The van der Waals surface area contributed by atoms with Gasteiger partial charge in [-0.2, -0.15) is 4.98 Å². The van der Waals surface area contributed by atoms with Crippen LogP contribution in [0.15, 0.2) is 27.8 Å². The Balaban J connectivity index is 2.03. The largest absolute Gasteiger partial charge is 0.332 e. The Bertz CT molecular complexity index is 1190. The summed E-state index contributed by atoms with van der Waals surface area (Å²) in [5.74, 6) is -0.576. The van der Waals surface area contributed by atoms with E-state index in [2.05, 4.69) is 4.98 Å². The van der Waals surface area contributed by atoms with Crippen LogP contribution in [-0.4, -0.2) is 24.6 Å². The van der Waals surface area contributed by atoms with Crippen molar-refractivity contribution in [3.63, 3.8) is 0 Å². The molecule has 1 aliphatic heterocycles. The summed E-state index contributed by atoms with van der Waals surface area (Å²) < 4.78 is 17.6. The fraction of sp³-hybridized carbons (Fsp3) is 0.250. The maximum atomic E-state index is 13.9. The van der Waals surface area contributed by atoms with Crippen LogP contribution in [0.4, 0.5) is 16.0 Å². The molecule has 2 aromatic heterocycles. The van der Waals surface area contributed by atoms with Gasteiger partial charge < -0.3 is 0 Å². The number of rotatable bonds is 1. The second-order valence-corrected chi connectivity index (χ2v) is 6.04. The van der Waals surface area contributed by atoms with Crippen molar-refractivity contribution in [3.05, 3.63) is 50.4 Å². The lowest BCUT2D eigenvalue weighted by molar-refractivity contribution is -0.117. The first kappa shape index (κ1) is 15.3. The Hall–Kier alpha value is -3.23. The number of hydrogen-bond donors (Lipinski definition) is 0. The van der Waals surface area contributed by atoms with Gasteiger partial charge in [-0.3, -0.25) is 23.3 Å². The van der Waals surface area contributed by atoms with E-state index in [1.54, 1.807) is 19.1 Å². The molecule has 0 fully saturated rings. The maximum Gasteiger partial charge on any atom is 0.332 e. The first-order chi connectivity index (χ1) is 11.8. The quantitative estimate of drug-likeness (QED) is 0.646. The van der Waals surface area contributed by atoms with Crippen LogP contribution in [0.25, 0.3) is 11.2 Å². The molecule has 25 heavy (non-hydrogen) atoms. The van der Waals surface area contributed by atoms with Crippen LogP contribution >= 0.6 is 0 Å². The van der Waals surface area contributed by atoms with Gasteiger partial charge in [-0.1, -0.05) is 6.07 Å². The zero-order valence-electron chi connectivity index (χ0n) is 13.8. The van der Waals surface area contributed by atoms with Gasteiger partial charge in [-0.15, -0.1) is 0 Å². The number of nitrogens with zero attached hydrogens (tertiary/aromatic N) is 5. The van der Waals surface area contributed by atoms with Gasteiger partial charge in [-0.25, -0.2) is 14.1 Å². The van der Waals surface area contributed by atoms with Gasteiger partial charge in [0, 0.05) is 14.1 Å². The van der Waals surface area contributed by atoms with Crippen molar-refractivity contribution < 1.29 is 9.18 Å². The molecule has 1 aliphatic rings. The fourth-order valence-corrected chi connectivity index (χ4v) is 3.05. The number of amides is 1. The SMILES string of the molecule is Cc1ccc(N2C(=O)Cn3c2nc2c3c(=O)n(C)c(=O)n2C)cc1F. The van der Waals surface area contributed by atoms with E-state index in [-0.39, 0.29) is 29.6 Å². The number of fused-ring (bicyclic) bond motifs is 3. The van der Waals surface area contributed by atoms with E-state index in [0.29, 0.717) is 11.3 Å². The Morgan fingerprint density at radius 3 is 2.52 bits per heavy atom. The molecule has 1 aromatic carbocycles. The lowest BCUT2D eigenvalue weighted by Gasteiger charge is -2.14. The van der Waals surface area contributed by atoms with Gasteiger partial charge in [0.1, 0.15) is 12.4 Å². The molecule has 0 N–H and O–H groups in total. The van der Waals surface area contributed by atoms with Crippen molar-refractivity contribution in [1.29, 1.82) is 0 Å². The second-order valence-electron chi connectivity index (χ2n) is 6.04. The van der Waals surface area contributed by atoms with Crippen LogP contribution in [0, 0.1) is 12.7 Å². The summed E-state index contributed by atoms with van der Waals surface area (Å²) >= 11 is 0. The van der Waals surface area contributed by atoms with Gasteiger partial charge in [-0.05, 0) is 24.6 Å². The Morgan fingerprint density at radius 2 is 1.84 bits per heavy atom. The monoisotopic (exact) mass is 343 g/mol. The maximum absolute atomic E-state index is 13.9. The summed E-state index contributed by atoms with van der Waals surface area (Å²) in [6, 6.07) is 4.43. The highest BCUT2D eigenvalue weighted by Crippen LogP contribution is 2.33. The van der Waals surface area contributed by atoms with E-state index < -0.39 is 17.1 Å². The molecule has 3 aromatic rings. The number of aromatic nitrogens is 4. The molecule has 0 bridgehead atoms. The van der Waals surface area contributed by atoms with Gasteiger partial charge in [0.15, 0.2) is 11.2 Å². The summed E-state index contributed by atoms with van der Waals surface area (Å²) in [5, 5.41) is 0. The normalized spacial score (nSPS) is 13.8. The minimum Gasteiger partial charge on any atom is -0.294 e. The highest BCUT2D eigenvalue weighted by Gasteiger charge is 2.34. The van der Waals surface area contributed by atoms with E-state index >= 15 is 0 Å². The highest BCUT2D eigenvalue weighted by molar-refractivity contribution is 6.04. The highest BCUT2D eigenvalue weighted by atomic mass is 19.1. The Labute approximate surface area is 140 Å².